The molecular formula is C23H29O3P. The Balaban J connectivity index is 1.51. The van der Waals surface area contributed by atoms with Gasteiger partial charge in [-0.2, -0.15) is 0 Å². The molecule has 2 aromatic rings. The molecule has 0 saturated carbocycles. The zero-order chi connectivity index (χ0) is 18.8. The van der Waals surface area contributed by atoms with Crippen LogP contribution in [0.2, 0.25) is 0 Å². The molecule has 4 heteroatoms. The Kier molecular flexibility index (Phi) is 7.89. The Bertz CT molecular complexity index is 693. The van der Waals surface area contributed by atoms with Crippen molar-refractivity contribution < 1.29 is 14.0 Å². The number of unbranched alkanes of at least 4 members (excludes halogenated alkanes) is 1. The average Bonchev–Trinajstić information content (AvgIpc) is 2.75. The second-order valence-corrected chi connectivity index (χ2v) is 9.84. The van der Waals surface area contributed by atoms with Gasteiger partial charge in [0.2, 0.25) is 0 Å². The zero-order valence-corrected chi connectivity index (χ0v) is 16.7. The normalized spacial score (nSPS) is 18.0. The molecule has 1 aliphatic rings. The Morgan fingerprint density at radius 2 is 1.63 bits per heavy atom. The lowest BCUT2D eigenvalue weighted by Crippen LogP contribution is -2.22. The van der Waals surface area contributed by atoms with Gasteiger partial charge in [-0.1, -0.05) is 72.8 Å². The van der Waals surface area contributed by atoms with Crippen LogP contribution in [-0.2, 0) is 14.0 Å². The van der Waals surface area contributed by atoms with Crippen molar-refractivity contribution in [3.63, 3.8) is 0 Å². The fourth-order valence-electron chi connectivity index (χ4n) is 3.37. The van der Waals surface area contributed by atoms with E-state index >= 15 is 0 Å². The number of rotatable bonds is 9. The lowest BCUT2D eigenvalue weighted by molar-refractivity contribution is -0.155. The van der Waals surface area contributed by atoms with Gasteiger partial charge in [0.15, 0.2) is 6.29 Å². The molecule has 2 aromatic carbocycles. The van der Waals surface area contributed by atoms with Gasteiger partial charge in [-0.3, -0.25) is 0 Å². The topological polar surface area (TPSA) is 35.5 Å². The highest BCUT2D eigenvalue weighted by molar-refractivity contribution is 7.78. The van der Waals surface area contributed by atoms with Crippen LogP contribution in [0.1, 0.15) is 32.1 Å². The van der Waals surface area contributed by atoms with Crippen molar-refractivity contribution in [2.75, 3.05) is 19.4 Å². The summed E-state index contributed by atoms with van der Waals surface area (Å²) in [4.78, 5) is 0. The first kappa shape index (κ1) is 20.1. The van der Waals surface area contributed by atoms with E-state index < -0.39 is 7.14 Å². The summed E-state index contributed by atoms with van der Waals surface area (Å²) in [5.74, 6) is 0. The number of hydrogen-bond donors (Lipinski definition) is 0. The van der Waals surface area contributed by atoms with Gasteiger partial charge in [0.1, 0.15) is 7.14 Å². The van der Waals surface area contributed by atoms with Crippen LogP contribution in [0.25, 0.3) is 0 Å². The molecule has 1 unspecified atom stereocenters. The molecule has 1 atom stereocenters. The molecular weight excluding hydrogens is 355 g/mol. The van der Waals surface area contributed by atoms with E-state index in [1.54, 1.807) is 0 Å². The summed E-state index contributed by atoms with van der Waals surface area (Å²) in [6.07, 6.45) is 9.91. The third kappa shape index (κ3) is 5.90. The summed E-state index contributed by atoms with van der Waals surface area (Å²) in [6.45, 7) is 1.39. The fraction of sp³-hybridized carbons (Fsp3) is 0.391. The van der Waals surface area contributed by atoms with Crippen molar-refractivity contribution in [2.24, 2.45) is 0 Å². The van der Waals surface area contributed by atoms with Crippen LogP contribution in [0.3, 0.4) is 0 Å². The van der Waals surface area contributed by atoms with E-state index in [1.165, 1.54) is 6.42 Å². The first-order chi connectivity index (χ1) is 13.3. The van der Waals surface area contributed by atoms with Gasteiger partial charge in [0.25, 0.3) is 0 Å². The van der Waals surface area contributed by atoms with E-state index in [9.17, 15) is 4.57 Å². The molecule has 3 rings (SSSR count). The lowest BCUT2D eigenvalue weighted by atomic mass is 10.2. The summed E-state index contributed by atoms with van der Waals surface area (Å²) >= 11 is 0. The van der Waals surface area contributed by atoms with Crippen LogP contribution >= 0.6 is 7.14 Å². The van der Waals surface area contributed by atoms with E-state index in [1.807, 2.05) is 66.7 Å². The Hall–Kier alpha value is -1.67. The van der Waals surface area contributed by atoms with E-state index in [-0.39, 0.29) is 6.29 Å². The molecule has 1 saturated heterocycles. The molecule has 0 N–H and O–H groups in total. The van der Waals surface area contributed by atoms with Crippen LogP contribution < -0.4 is 10.6 Å². The maximum atomic E-state index is 13.8. The standard InChI is InChI=1S/C23H29O3P/c24-27(21-13-5-3-6-14-21,22-15-7-4-8-16-22)20-12-2-1-10-18-25-23-17-9-11-19-26-23/h1,3-8,10,13-16,23H,2,9,11-12,17-20H2/b10-1-. The number of hydrogen-bond acceptors (Lipinski definition) is 3. The van der Waals surface area contributed by atoms with E-state index in [0.29, 0.717) is 12.8 Å². The summed E-state index contributed by atoms with van der Waals surface area (Å²) in [5, 5.41) is 1.89. The van der Waals surface area contributed by atoms with Crippen molar-refractivity contribution in [3.8, 4) is 0 Å². The molecule has 0 bridgehead atoms. The smallest absolute Gasteiger partial charge is 0.157 e. The lowest BCUT2D eigenvalue weighted by Gasteiger charge is -2.21. The van der Waals surface area contributed by atoms with Crippen LogP contribution in [0.5, 0.6) is 0 Å². The molecule has 0 radical (unpaired) electrons. The van der Waals surface area contributed by atoms with Crippen LogP contribution in [0.15, 0.2) is 72.8 Å². The zero-order valence-electron chi connectivity index (χ0n) is 15.8. The second-order valence-electron chi connectivity index (χ2n) is 6.88. The number of benzene rings is 2. The minimum atomic E-state index is -2.59. The van der Waals surface area contributed by atoms with Crippen molar-refractivity contribution in [1.29, 1.82) is 0 Å². The molecule has 27 heavy (non-hydrogen) atoms. The molecule has 1 fully saturated rings. The Labute approximate surface area is 162 Å². The highest BCUT2D eigenvalue weighted by atomic mass is 31.2. The van der Waals surface area contributed by atoms with Crippen LogP contribution in [0.4, 0.5) is 0 Å². The Morgan fingerprint density at radius 1 is 0.963 bits per heavy atom. The summed E-state index contributed by atoms with van der Waals surface area (Å²) in [5.41, 5.74) is 0. The van der Waals surface area contributed by atoms with Crippen molar-refractivity contribution in [1.82, 2.24) is 0 Å². The van der Waals surface area contributed by atoms with E-state index in [4.69, 9.17) is 9.47 Å². The van der Waals surface area contributed by atoms with Gasteiger partial charge >= 0.3 is 0 Å². The monoisotopic (exact) mass is 384 g/mol. The quantitative estimate of drug-likeness (QED) is 0.351. The first-order valence-electron chi connectivity index (χ1n) is 9.87. The molecule has 1 aliphatic heterocycles. The first-order valence-corrected chi connectivity index (χ1v) is 11.8. The minimum Gasteiger partial charge on any atom is -0.353 e. The van der Waals surface area contributed by atoms with E-state index in [2.05, 4.69) is 6.08 Å². The van der Waals surface area contributed by atoms with Crippen LogP contribution in [0, 0.1) is 0 Å². The summed E-state index contributed by atoms with van der Waals surface area (Å²) in [7, 11) is -2.59. The van der Waals surface area contributed by atoms with Gasteiger partial charge in [0.05, 0.1) is 6.61 Å². The summed E-state index contributed by atoms with van der Waals surface area (Å²) in [6, 6.07) is 19.8. The predicted molar refractivity (Wildman–Crippen MR) is 113 cm³/mol. The molecule has 144 valence electrons. The fourth-order valence-corrected chi connectivity index (χ4v) is 6.12. The highest BCUT2D eigenvalue weighted by Crippen LogP contribution is 2.44. The van der Waals surface area contributed by atoms with Gasteiger partial charge in [0, 0.05) is 23.4 Å². The van der Waals surface area contributed by atoms with Crippen molar-refractivity contribution in [3.05, 3.63) is 72.8 Å². The maximum Gasteiger partial charge on any atom is 0.157 e. The van der Waals surface area contributed by atoms with Crippen molar-refractivity contribution >= 4 is 17.8 Å². The molecule has 0 aromatic heterocycles. The molecule has 0 aliphatic carbocycles. The van der Waals surface area contributed by atoms with Gasteiger partial charge < -0.3 is 14.0 Å². The third-order valence-corrected chi connectivity index (χ3v) is 8.08. The predicted octanol–water partition coefficient (Wildman–Crippen LogP) is 4.88. The molecule has 3 nitrogen and oxygen atoms in total. The molecule has 1 heterocycles. The summed E-state index contributed by atoms with van der Waals surface area (Å²) < 4.78 is 25.1. The SMILES string of the molecule is O=P(CCC/C=C\COC1CCCCO1)(c1ccccc1)c1ccccc1. The van der Waals surface area contributed by atoms with Crippen molar-refractivity contribution in [2.45, 2.75) is 38.4 Å². The Morgan fingerprint density at radius 3 is 2.22 bits per heavy atom. The maximum absolute atomic E-state index is 13.8. The van der Waals surface area contributed by atoms with Crippen LogP contribution in [-0.4, -0.2) is 25.7 Å². The van der Waals surface area contributed by atoms with E-state index in [0.717, 1.165) is 42.9 Å². The van der Waals surface area contributed by atoms with Gasteiger partial charge in [-0.15, -0.1) is 0 Å². The molecule has 0 spiro atoms. The van der Waals surface area contributed by atoms with Gasteiger partial charge in [-0.25, -0.2) is 0 Å². The second kappa shape index (κ2) is 10.6. The number of ether oxygens (including phenoxy) is 2. The largest absolute Gasteiger partial charge is 0.353 e. The average molecular weight is 384 g/mol. The van der Waals surface area contributed by atoms with Gasteiger partial charge in [-0.05, 0) is 32.1 Å². The molecule has 0 amide bonds. The minimum absolute atomic E-state index is 0.0419. The third-order valence-electron chi connectivity index (χ3n) is 4.87. The highest BCUT2D eigenvalue weighted by Gasteiger charge is 2.26. The number of allylic oxidation sites excluding steroid dienone is 1.